The van der Waals surface area contributed by atoms with E-state index in [0.717, 1.165) is 14.9 Å². The van der Waals surface area contributed by atoms with Crippen LogP contribution in [0.25, 0.3) is 0 Å². The first-order valence-corrected chi connectivity index (χ1v) is 8.29. The average molecular weight is 349 g/mol. The molecule has 3 heteroatoms. The van der Waals surface area contributed by atoms with Gasteiger partial charge in [0.25, 0.3) is 0 Å². The van der Waals surface area contributed by atoms with Gasteiger partial charge in [-0.3, -0.25) is 4.79 Å². The molecule has 0 saturated heterocycles. The van der Waals surface area contributed by atoms with Crippen molar-refractivity contribution in [2.24, 2.45) is 0 Å². The van der Waals surface area contributed by atoms with Crippen LogP contribution in [0.4, 0.5) is 0 Å². The maximum Gasteiger partial charge on any atom is 0.147 e. The van der Waals surface area contributed by atoms with Gasteiger partial charge in [0.1, 0.15) is 5.78 Å². The minimum Gasteiger partial charge on any atom is -0.298 e. The second kappa shape index (κ2) is 7.09. The molecule has 0 saturated carbocycles. The molecule has 0 unspecified atom stereocenters. The summed E-state index contributed by atoms with van der Waals surface area (Å²) in [7, 11) is 0. The van der Waals surface area contributed by atoms with Crippen molar-refractivity contribution in [2.75, 3.05) is 5.75 Å². The topological polar surface area (TPSA) is 17.1 Å². The van der Waals surface area contributed by atoms with Crippen LogP contribution in [0.3, 0.4) is 0 Å². The third kappa shape index (κ3) is 4.22. The number of aryl methyl sites for hydroxylation is 2. The number of benzene rings is 2. The van der Waals surface area contributed by atoms with Crippen molar-refractivity contribution in [3.05, 3.63) is 63.6 Å². The van der Waals surface area contributed by atoms with Crippen molar-refractivity contribution in [2.45, 2.75) is 25.2 Å². The zero-order chi connectivity index (χ0) is 14.5. The van der Waals surface area contributed by atoms with Crippen molar-refractivity contribution in [3.63, 3.8) is 0 Å². The van der Waals surface area contributed by atoms with E-state index in [4.69, 9.17) is 0 Å². The van der Waals surface area contributed by atoms with E-state index in [1.807, 2.05) is 24.3 Å². The Morgan fingerprint density at radius 1 is 1.15 bits per heavy atom. The number of ketones is 1. The van der Waals surface area contributed by atoms with Gasteiger partial charge >= 0.3 is 0 Å². The second-order valence-corrected chi connectivity index (χ2v) is 6.74. The lowest BCUT2D eigenvalue weighted by Crippen LogP contribution is -2.07. The van der Waals surface area contributed by atoms with Gasteiger partial charge in [0.15, 0.2) is 0 Å². The Balaban J connectivity index is 1.96. The highest BCUT2D eigenvalue weighted by Crippen LogP contribution is 2.27. The number of halogens is 1. The maximum atomic E-state index is 12.1. The predicted octanol–water partition coefficient (Wildman–Crippen LogP) is 4.97. The minimum atomic E-state index is 0.263. The van der Waals surface area contributed by atoms with Gasteiger partial charge in [-0.25, -0.2) is 0 Å². The number of Topliss-reactive ketones (excluding diaryl/α,β-unsaturated/α-hetero) is 1. The molecule has 1 nitrogen and oxygen atoms in total. The summed E-state index contributed by atoms with van der Waals surface area (Å²) in [6.45, 7) is 4.12. The fraction of sp³-hybridized carbons (Fsp3) is 0.235. The van der Waals surface area contributed by atoms with Crippen LogP contribution in [0.5, 0.6) is 0 Å². The molecule has 20 heavy (non-hydrogen) atoms. The molecule has 0 aliphatic carbocycles. The molecule has 2 rings (SSSR count). The van der Waals surface area contributed by atoms with Crippen LogP contribution in [0, 0.1) is 13.8 Å². The quantitative estimate of drug-likeness (QED) is 0.709. The van der Waals surface area contributed by atoms with E-state index in [2.05, 4.69) is 48.0 Å². The number of hydrogen-bond donors (Lipinski definition) is 0. The highest BCUT2D eigenvalue weighted by atomic mass is 79.9. The lowest BCUT2D eigenvalue weighted by molar-refractivity contribution is -0.116. The second-order valence-electron chi connectivity index (χ2n) is 4.86. The summed E-state index contributed by atoms with van der Waals surface area (Å²) in [5.74, 6) is 0.773. The Hall–Kier alpha value is -1.06. The number of carbonyl (C=O) groups excluding carboxylic acids is 1. The summed E-state index contributed by atoms with van der Waals surface area (Å²) in [6, 6.07) is 14.3. The number of carbonyl (C=O) groups is 1. The van der Waals surface area contributed by atoms with Gasteiger partial charge in [-0.15, -0.1) is 11.8 Å². The lowest BCUT2D eigenvalue weighted by Gasteiger charge is -2.07. The van der Waals surface area contributed by atoms with E-state index < -0.39 is 0 Å². The number of rotatable bonds is 5. The Morgan fingerprint density at radius 3 is 2.65 bits per heavy atom. The maximum absolute atomic E-state index is 12.1. The van der Waals surface area contributed by atoms with Gasteiger partial charge in [0.05, 0.1) is 5.75 Å². The largest absolute Gasteiger partial charge is 0.298 e. The van der Waals surface area contributed by atoms with Crippen LogP contribution in [-0.4, -0.2) is 11.5 Å². The zero-order valence-corrected chi connectivity index (χ0v) is 14.1. The fourth-order valence-corrected chi connectivity index (χ4v) is 3.40. The summed E-state index contributed by atoms with van der Waals surface area (Å²) in [4.78, 5) is 13.2. The number of hydrogen-bond acceptors (Lipinski definition) is 2. The van der Waals surface area contributed by atoms with Gasteiger partial charge in [-0.2, -0.15) is 0 Å². The average Bonchev–Trinajstić information content (AvgIpc) is 2.42. The highest BCUT2D eigenvalue weighted by molar-refractivity contribution is 9.10. The van der Waals surface area contributed by atoms with Crippen LogP contribution in [-0.2, 0) is 11.2 Å². The smallest absolute Gasteiger partial charge is 0.147 e. The third-order valence-electron chi connectivity index (χ3n) is 3.12. The molecule has 0 aliphatic rings. The molecule has 0 fully saturated rings. The van der Waals surface area contributed by atoms with Gasteiger partial charge in [0.2, 0.25) is 0 Å². The van der Waals surface area contributed by atoms with Crippen LogP contribution in [0.2, 0.25) is 0 Å². The molecule has 0 radical (unpaired) electrons. The highest BCUT2D eigenvalue weighted by Gasteiger charge is 2.08. The summed E-state index contributed by atoms with van der Waals surface area (Å²) in [5, 5.41) is 0. The van der Waals surface area contributed by atoms with E-state index in [1.165, 1.54) is 11.1 Å². The summed E-state index contributed by atoms with van der Waals surface area (Å²) < 4.78 is 1.05. The van der Waals surface area contributed by atoms with Gasteiger partial charge in [-0.1, -0.05) is 35.9 Å². The van der Waals surface area contributed by atoms with Crippen molar-refractivity contribution < 1.29 is 4.79 Å². The molecule has 0 bridgehead atoms. The lowest BCUT2D eigenvalue weighted by atomic mass is 10.0. The molecule has 0 aromatic heterocycles. The van der Waals surface area contributed by atoms with Crippen LogP contribution in [0.15, 0.2) is 51.8 Å². The Kier molecular flexibility index (Phi) is 5.44. The summed E-state index contributed by atoms with van der Waals surface area (Å²) in [5.41, 5.74) is 3.54. The zero-order valence-electron chi connectivity index (χ0n) is 11.7. The van der Waals surface area contributed by atoms with Crippen LogP contribution < -0.4 is 0 Å². The standard InChI is InChI=1S/C17H17BrOS/c1-12-7-8-13(2)14(9-12)10-15(19)11-20-17-6-4-3-5-16(17)18/h3-9H,10-11H2,1-2H3. The monoisotopic (exact) mass is 348 g/mol. The Morgan fingerprint density at radius 2 is 1.90 bits per heavy atom. The number of thioether (sulfide) groups is 1. The van der Waals surface area contributed by atoms with E-state index in [0.29, 0.717) is 12.2 Å². The Labute approximate surface area is 132 Å². The SMILES string of the molecule is Cc1ccc(C)c(CC(=O)CSc2ccccc2Br)c1. The molecular formula is C17H17BrOS. The van der Waals surface area contributed by atoms with Gasteiger partial charge < -0.3 is 0 Å². The first-order valence-electron chi connectivity index (χ1n) is 6.51. The molecule has 0 aliphatic heterocycles. The minimum absolute atomic E-state index is 0.263. The van der Waals surface area contributed by atoms with Crippen molar-refractivity contribution in [1.29, 1.82) is 0 Å². The van der Waals surface area contributed by atoms with Gasteiger partial charge in [-0.05, 0) is 53.0 Å². The summed E-state index contributed by atoms with van der Waals surface area (Å²) >= 11 is 5.09. The van der Waals surface area contributed by atoms with E-state index in [-0.39, 0.29) is 5.78 Å². The normalized spacial score (nSPS) is 10.6. The first kappa shape index (κ1) is 15.3. The third-order valence-corrected chi connectivity index (χ3v) is 5.20. The Bertz CT molecular complexity index is 622. The molecule has 104 valence electrons. The predicted molar refractivity (Wildman–Crippen MR) is 89.5 cm³/mol. The fourth-order valence-electron chi connectivity index (χ4n) is 1.97. The molecule has 0 amide bonds. The van der Waals surface area contributed by atoms with Crippen molar-refractivity contribution in [1.82, 2.24) is 0 Å². The molecule has 0 atom stereocenters. The van der Waals surface area contributed by atoms with Crippen LogP contribution >= 0.6 is 27.7 Å². The van der Waals surface area contributed by atoms with E-state index in [9.17, 15) is 4.79 Å². The van der Waals surface area contributed by atoms with Crippen molar-refractivity contribution >= 4 is 33.5 Å². The molecule has 2 aromatic carbocycles. The molecule has 2 aromatic rings. The van der Waals surface area contributed by atoms with Crippen molar-refractivity contribution in [3.8, 4) is 0 Å². The molecule has 0 N–H and O–H groups in total. The van der Waals surface area contributed by atoms with E-state index >= 15 is 0 Å². The van der Waals surface area contributed by atoms with Gasteiger partial charge in [0, 0.05) is 15.8 Å². The molecular weight excluding hydrogens is 332 g/mol. The molecule has 0 spiro atoms. The summed E-state index contributed by atoms with van der Waals surface area (Å²) in [6.07, 6.45) is 0.519. The first-order chi connectivity index (χ1) is 9.56. The van der Waals surface area contributed by atoms with E-state index in [1.54, 1.807) is 11.8 Å². The van der Waals surface area contributed by atoms with Crippen LogP contribution in [0.1, 0.15) is 16.7 Å². The molecule has 0 heterocycles.